The summed E-state index contributed by atoms with van der Waals surface area (Å²) in [5.41, 5.74) is -0.849. The summed E-state index contributed by atoms with van der Waals surface area (Å²) in [6.07, 6.45) is 2.58. The Kier molecular flexibility index (Phi) is 6.18. The van der Waals surface area contributed by atoms with E-state index in [1.165, 1.54) is 0 Å². The van der Waals surface area contributed by atoms with Crippen molar-refractivity contribution in [2.45, 2.75) is 19.9 Å². The Bertz CT molecular complexity index is 445. The average Bonchev–Trinajstić information content (AvgIpc) is 2.47. The number of carbonyl (C=O) groups is 1. The third kappa shape index (κ3) is 4.66. The molecule has 0 heterocycles. The average molecular weight is 278 g/mol. The highest BCUT2D eigenvalue weighted by atomic mass is 16.5. The smallest absolute Gasteiger partial charge is 0.206 e. The predicted molar refractivity (Wildman–Crippen MR) is 75.8 cm³/mol. The van der Waals surface area contributed by atoms with Crippen LogP contribution in [-0.2, 0) is 9.59 Å². The van der Waals surface area contributed by atoms with E-state index in [9.17, 15) is 9.59 Å². The van der Waals surface area contributed by atoms with E-state index in [2.05, 4.69) is 5.32 Å². The molecule has 1 aromatic rings. The van der Waals surface area contributed by atoms with Crippen molar-refractivity contribution in [1.82, 2.24) is 5.32 Å². The molecule has 1 radical (unpaired) electrons. The van der Waals surface area contributed by atoms with Crippen LogP contribution in [0.2, 0.25) is 0 Å². The molecule has 0 bridgehead atoms. The molecule has 0 fully saturated rings. The Balaban J connectivity index is 2.40. The molecular weight excluding hydrogens is 258 g/mol. The summed E-state index contributed by atoms with van der Waals surface area (Å²) in [4.78, 5) is 21.7. The van der Waals surface area contributed by atoms with E-state index in [0.717, 1.165) is 12.0 Å². The summed E-state index contributed by atoms with van der Waals surface area (Å²) in [7, 11) is 1.59. The van der Waals surface area contributed by atoms with Gasteiger partial charge in [-0.15, -0.1) is 0 Å². The fourth-order valence-electron chi connectivity index (χ4n) is 1.61. The summed E-state index contributed by atoms with van der Waals surface area (Å²) in [6, 6.07) is 6.69. The first kappa shape index (κ1) is 16.2. The topological polar surface area (TPSA) is 64.6 Å². The van der Waals surface area contributed by atoms with Crippen molar-refractivity contribution < 1.29 is 19.1 Å². The quantitative estimate of drug-likeness (QED) is 0.546. The molecule has 5 heteroatoms. The van der Waals surface area contributed by atoms with Gasteiger partial charge in [0, 0.05) is 12.6 Å². The Labute approximate surface area is 119 Å². The monoisotopic (exact) mass is 278 g/mol. The molecule has 1 atom stereocenters. The first-order chi connectivity index (χ1) is 9.53. The third-order valence-electron chi connectivity index (χ3n) is 2.95. The van der Waals surface area contributed by atoms with Gasteiger partial charge in [0.2, 0.25) is 6.29 Å². The second-order valence-corrected chi connectivity index (χ2v) is 4.92. The minimum atomic E-state index is -0.849. The van der Waals surface area contributed by atoms with Crippen molar-refractivity contribution >= 4 is 12.6 Å². The Morgan fingerprint density at radius 2 is 2.10 bits per heavy atom. The molecule has 0 aliphatic carbocycles. The highest BCUT2D eigenvalue weighted by Crippen LogP contribution is 2.19. The molecule has 0 saturated carbocycles. The summed E-state index contributed by atoms with van der Waals surface area (Å²) in [5.74, 6) is 1.41. The van der Waals surface area contributed by atoms with Gasteiger partial charge in [0.15, 0.2) is 0 Å². The minimum Gasteiger partial charge on any atom is -0.497 e. The lowest BCUT2D eigenvalue weighted by molar-refractivity contribution is -0.111. The number of benzene rings is 1. The lowest BCUT2D eigenvalue weighted by atomic mass is 9.87. The van der Waals surface area contributed by atoms with E-state index in [1.54, 1.807) is 27.0 Å². The minimum absolute atomic E-state index is 0.381. The number of methoxy groups -OCH3 is 1. The lowest BCUT2D eigenvalue weighted by Gasteiger charge is -2.24. The van der Waals surface area contributed by atoms with Crippen LogP contribution < -0.4 is 14.8 Å². The van der Waals surface area contributed by atoms with Crippen molar-refractivity contribution in [3.8, 4) is 11.5 Å². The van der Waals surface area contributed by atoms with Crippen LogP contribution in [0.15, 0.2) is 24.3 Å². The van der Waals surface area contributed by atoms with Crippen LogP contribution in [0.4, 0.5) is 0 Å². The van der Waals surface area contributed by atoms with E-state index in [-0.39, 0.29) is 0 Å². The number of ether oxygens (including phenoxy) is 2. The van der Waals surface area contributed by atoms with Gasteiger partial charge in [-0.3, -0.25) is 4.79 Å². The van der Waals surface area contributed by atoms with Crippen LogP contribution in [0.3, 0.4) is 0 Å². The van der Waals surface area contributed by atoms with Gasteiger partial charge in [-0.05, 0) is 12.1 Å². The maximum atomic E-state index is 11.0. The molecule has 1 rings (SSSR count). The van der Waals surface area contributed by atoms with Crippen LogP contribution in [0, 0.1) is 5.41 Å². The van der Waals surface area contributed by atoms with Crippen LogP contribution in [-0.4, -0.2) is 38.9 Å². The number of hydrogen-bond acceptors (Lipinski definition) is 5. The van der Waals surface area contributed by atoms with Crippen molar-refractivity contribution in [2.24, 2.45) is 5.41 Å². The molecule has 0 aromatic heterocycles. The van der Waals surface area contributed by atoms with E-state index in [1.807, 2.05) is 24.5 Å². The number of carbonyl (C=O) groups excluding carboxylic acids is 2. The van der Waals surface area contributed by atoms with Gasteiger partial charge in [-0.25, -0.2) is 0 Å². The van der Waals surface area contributed by atoms with Gasteiger partial charge in [-0.1, -0.05) is 19.9 Å². The molecule has 1 unspecified atom stereocenters. The van der Waals surface area contributed by atoms with Crippen molar-refractivity contribution in [2.75, 3.05) is 20.3 Å². The van der Waals surface area contributed by atoms with Gasteiger partial charge in [0.25, 0.3) is 0 Å². The van der Waals surface area contributed by atoms with Crippen LogP contribution in [0.1, 0.15) is 13.8 Å². The first-order valence-corrected chi connectivity index (χ1v) is 6.38. The number of aldehydes is 1. The van der Waals surface area contributed by atoms with Crippen molar-refractivity contribution in [3.05, 3.63) is 24.3 Å². The maximum Gasteiger partial charge on any atom is 0.206 e. The SMILES string of the molecule is COc1cccc(OCCNC(C=O)C(C)(C)[C]=O)c1. The van der Waals surface area contributed by atoms with E-state index < -0.39 is 11.5 Å². The second-order valence-electron chi connectivity index (χ2n) is 4.92. The largest absolute Gasteiger partial charge is 0.497 e. The Morgan fingerprint density at radius 1 is 1.40 bits per heavy atom. The van der Waals surface area contributed by atoms with Crippen molar-refractivity contribution in [3.63, 3.8) is 0 Å². The highest BCUT2D eigenvalue weighted by molar-refractivity contribution is 5.71. The number of hydrogen-bond donors (Lipinski definition) is 1. The van der Waals surface area contributed by atoms with E-state index in [0.29, 0.717) is 18.9 Å². The second kappa shape index (κ2) is 7.65. The molecule has 0 aliphatic rings. The number of rotatable bonds is 9. The first-order valence-electron chi connectivity index (χ1n) is 6.38. The predicted octanol–water partition coefficient (Wildman–Crippen LogP) is 1.37. The van der Waals surface area contributed by atoms with Gasteiger partial charge >= 0.3 is 0 Å². The number of nitrogens with one attached hydrogen (secondary N) is 1. The molecular formula is C15H20NO4. The zero-order valence-electron chi connectivity index (χ0n) is 12.0. The van der Waals surface area contributed by atoms with Crippen LogP contribution >= 0.6 is 0 Å². The molecule has 0 amide bonds. The van der Waals surface area contributed by atoms with Gasteiger partial charge in [0.1, 0.15) is 24.4 Å². The molecule has 20 heavy (non-hydrogen) atoms. The fourth-order valence-corrected chi connectivity index (χ4v) is 1.61. The van der Waals surface area contributed by atoms with E-state index in [4.69, 9.17) is 9.47 Å². The standard InChI is InChI=1S/C15H20NO4/c1-15(2,11-18)14(10-17)16-7-8-20-13-6-4-5-12(9-13)19-3/h4-6,9-10,14,16H,7-8H2,1-3H3. The Hall–Kier alpha value is -1.88. The zero-order chi connectivity index (χ0) is 15.0. The normalized spacial score (nSPS) is 12.6. The molecule has 5 nitrogen and oxygen atoms in total. The third-order valence-corrected chi connectivity index (χ3v) is 2.95. The van der Waals surface area contributed by atoms with E-state index >= 15 is 0 Å². The fraction of sp³-hybridized carbons (Fsp3) is 0.467. The Morgan fingerprint density at radius 3 is 2.70 bits per heavy atom. The summed E-state index contributed by atoms with van der Waals surface area (Å²) < 4.78 is 10.6. The van der Waals surface area contributed by atoms with Gasteiger partial charge in [-0.2, -0.15) is 0 Å². The molecule has 1 N–H and O–H groups in total. The summed E-state index contributed by atoms with van der Waals surface area (Å²) >= 11 is 0. The molecule has 0 saturated heterocycles. The maximum absolute atomic E-state index is 11.0. The zero-order valence-corrected chi connectivity index (χ0v) is 12.0. The summed E-state index contributed by atoms with van der Waals surface area (Å²) in [6.45, 7) is 4.15. The van der Waals surface area contributed by atoms with Crippen LogP contribution in [0.25, 0.3) is 0 Å². The van der Waals surface area contributed by atoms with Gasteiger partial charge < -0.3 is 19.6 Å². The van der Waals surface area contributed by atoms with Crippen LogP contribution in [0.5, 0.6) is 11.5 Å². The lowest BCUT2D eigenvalue weighted by Crippen LogP contribution is -2.45. The summed E-state index contributed by atoms with van der Waals surface area (Å²) in [5, 5.41) is 2.97. The molecule has 0 aliphatic heterocycles. The highest BCUT2D eigenvalue weighted by Gasteiger charge is 2.29. The molecule has 1 aromatic carbocycles. The van der Waals surface area contributed by atoms with Crippen molar-refractivity contribution in [1.29, 1.82) is 0 Å². The van der Waals surface area contributed by atoms with Gasteiger partial charge in [0.05, 0.1) is 18.6 Å². The molecule has 109 valence electrons. The molecule has 0 spiro atoms.